The molecule has 0 aliphatic carbocycles. The van der Waals surface area contributed by atoms with Gasteiger partial charge in [-0.3, -0.25) is 0 Å². The molecule has 0 radical (unpaired) electrons. The molecule has 90 valence electrons. The van der Waals surface area contributed by atoms with Gasteiger partial charge in [-0.05, 0) is 12.1 Å². The molecule has 0 saturated carbocycles. The number of fused-ring (bicyclic) bond motifs is 5. The van der Waals surface area contributed by atoms with Gasteiger partial charge in [0.15, 0.2) is 10.4 Å². The quantitative estimate of drug-likeness (QED) is 0.451. The van der Waals surface area contributed by atoms with Crippen molar-refractivity contribution in [3.63, 3.8) is 0 Å². The predicted molar refractivity (Wildman–Crippen MR) is 77.9 cm³/mol. The summed E-state index contributed by atoms with van der Waals surface area (Å²) in [5.74, 6) is 0. The number of para-hydroxylation sites is 1. The highest BCUT2D eigenvalue weighted by Crippen LogP contribution is 2.49. The molecule has 4 rings (SSSR count). The zero-order chi connectivity index (χ0) is 12.3. The van der Waals surface area contributed by atoms with Gasteiger partial charge in [-0.1, -0.05) is 53.2 Å². The Bertz CT molecular complexity index is 783. The summed E-state index contributed by atoms with van der Waals surface area (Å²) in [5, 5.41) is 5.92. The van der Waals surface area contributed by atoms with E-state index in [1.807, 2.05) is 30.3 Å². The minimum atomic E-state index is -0.157. The highest BCUT2D eigenvalue weighted by Gasteiger charge is 2.26. The smallest absolute Gasteiger partial charge is 0.155 e. The molecule has 1 unspecified atom stereocenters. The summed E-state index contributed by atoms with van der Waals surface area (Å²) < 4.78 is 5.83. The van der Waals surface area contributed by atoms with E-state index < -0.39 is 0 Å². The molecule has 1 aliphatic heterocycles. The summed E-state index contributed by atoms with van der Waals surface area (Å²) >= 11 is 14.0. The summed E-state index contributed by atoms with van der Waals surface area (Å²) in [6, 6.07) is 9.81. The topological polar surface area (TPSA) is 25.2 Å². The Hall–Kier alpha value is -1.03. The normalized spacial score (nSPS) is 18.2. The van der Waals surface area contributed by atoms with E-state index in [9.17, 15) is 0 Å². The molecule has 1 atom stereocenters. The Labute approximate surface area is 117 Å². The first-order valence-electron chi connectivity index (χ1n) is 5.45. The molecule has 1 aliphatic rings. The first-order chi connectivity index (χ1) is 8.74. The monoisotopic (exact) mass is 295 g/mol. The summed E-state index contributed by atoms with van der Waals surface area (Å²) in [7, 11) is 0. The minimum Gasteiger partial charge on any atom is -0.454 e. The zero-order valence-corrected chi connectivity index (χ0v) is 11.4. The van der Waals surface area contributed by atoms with Gasteiger partial charge in [0.05, 0.1) is 10.7 Å². The fourth-order valence-electron chi connectivity index (χ4n) is 2.32. The second-order valence-corrected chi connectivity index (χ2v) is 6.33. The van der Waals surface area contributed by atoms with Gasteiger partial charge < -0.3 is 9.73 Å². The van der Waals surface area contributed by atoms with E-state index >= 15 is 0 Å². The van der Waals surface area contributed by atoms with Crippen LogP contribution in [0.1, 0.15) is 0 Å². The number of nitrogens with one attached hydrogen (secondary N) is 1. The number of anilines is 1. The maximum atomic E-state index is 6.27. The van der Waals surface area contributed by atoms with Crippen LogP contribution >= 0.6 is 35.0 Å². The van der Waals surface area contributed by atoms with Gasteiger partial charge in [0, 0.05) is 15.7 Å². The number of benzene rings is 2. The van der Waals surface area contributed by atoms with E-state index in [2.05, 4.69) is 5.32 Å². The number of hydrogen-bond donors (Lipinski definition) is 1. The van der Waals surface area contributed by atoms with Crippen LogP contribution in [0.15, 0.2) is 39.6 Å². The summed E-state index contributed by atoms with van der Waals surface area (Å²) in [5.41, 5.74) is 2.56. The van der Waals surface area contributed by atoms with E-state index in [4.69, 9.17) is 27.6 Å². The Kier molecular flexibility index (Phi) is 2.25. The molecule has 2 nitrogen and oxygen atoms in total. The molecule has 2 heterocycles. The van der Waals surface area contributed by atoms with Crippen LogP contribution in [0.3, 0.4) is 0 Å². The van der Waals surface area contributed by atoms with E-state index in [1.165, 1.54) is 0 Å². The van der Waals surface area contributed by atoms with Crippen LogP contribution < -0.4 is 5.32 Å². The highest BCUT2D eigenvalue weighted by molar-refractivity contribution is 8.01. The lowest BCUT2D eigenvalue weighted by Gasteiger charge is -2.01. The fraction of sp³-hybridized carbons (Fsp3) is 0.0769. The van der Waals surface area contributed by atoms with Gasteiger partial charge in [-0.25, -0.2) is 0 Å². The van der Waals surface area contributed by atoms with Crippen LogP contribution in [0.2, 0.25) is 5.02 Å². The molecule has 18 heavy (non-hydrogen) atoms. The molecule has 3 aromatic rings. The van der Waals surface area contributed by atoms with Gasteiger partial charge >= 0.3 is 0 Å². The maximum Gasteiger partial charge on any atom is 0.155 e. The van der Waals surface area contributed by atoms with Crippen molar-refractivity contribution in [2.45, 2.75) is 9.73 Å². The van der Waals surface area contributed by atoms with Crippen molar-refractivity contribution in [2.24, 2.45) is 0 Å². The summed E-state index contributed by atoms with van der Waals surface area (Å²) in [6.07, 6.45) is 0. The first-order valence-corrected chi connectivity index (χ1v) is 7.14. The number of furan rings is 1. The first kappa shape index (κ1) is 10.9. The van der Waals surface area contributed by atoms with E-state index in [-0.39, 0.29) is 4.83 Å². The van der Waals surface area contributed by atoms with Crippen LogP contribution in [0.5, 0.6) is 0 Å². The average Bonchev–Trinajstić information content (AvgIpc) is 2.89. The van der Waals surface area contributed by atoms with E-state index in [1.54, 1.807) is 11.8 Å². The molecule has 0 saturated heterocycles. The van der Waals surface area contributed by atoms with Gasteiger partial charge in [0.25, 0.3) is 0 Å². The second-order valence-electron chi connectivity index (χ2n) is 4.12. The zero-order valence-electron chi connectivity index (χ0n) is 9.04. The number of thioether (sulfide) groups is 1. The Morgan fingerprint density at radius 1 is 1.28 bits per heavy atom. The Balaban J connectivity index is 2.23. The minimum absolute atomic E-state index is 0.157. The molecule has 0 bridgehead atoms. The highest BCUT2D eigenvalue weighted by atomic mass is 35.5. The van der Waals surface area contributed by atoms with Gasteiger partial charge in [-0.2, -0.15) is 0 Å². The average molecular weight is 296 g/mol. The standard InChI is InChI=1S/C13H7Cl2NOS/c14-7-5-8-12(18-13(15)16-8)10-6-3-1-2-4-9(6)17-11(7)10/h1-5,13,16H. The van der Waals surface area contributed by atoms with E-state index in [0.717, 1.165) is 32.5 Å². The fourth-order valence-corrected chi connectivity index (χ4v) is 3.90. The summed E-state index contributed by atoms with van der Waals surface area (Å²) in [4.78, 5) is 0.953. The Morgan fingerprint density at radius 3 is 3.00 bits per heavy atom. The van der Waals surface area contributed by atoms with Crippen molar-refractivity contribution in [3.05, 3.63) is 35.4 Å². The van der Waals surface area contributed by atoms with Crippen LogP contribution in [0.25, 0.3) is 21.9 Å². The van der Waals surface area contributed by atoms with Gasteiger partial charge in [0.2, 0.25) is 0 Å². The van der Waals surface area contributed by atoms with Crippen LogP contribution in [0, 0.1) is 0 Å². The Morgan fingerprint density at radius 2 is 2.11 bits per heavy atom. The van der Waals surface area contributed by atoms with E-state index in [0.29, 0.717) is 5.02 Å². The molecule has 1 aromatic heterocycles. The molecule has 5 heteroatoms. The van der Waals surface area contributed by atoms with Crippen LogP contribution in [0.4, 0.5) is 5.69 Å². The molecule has 1 N–H and O–H groups in total. The number of hydrogen-bond acceptors (Lipinski definition) is 3. The van der Waals surface area contributed by atoms with Crippen molar-refractivity contribution < 1.29 is 4.42 Å². The van der Waals surface area contributed by atoms with Gasteiger partial charge in [0.1, 0.15) is 5.58 Å². The van der Waals surface area contributed by atoms with Crippen molar-refractivity contribution in [1.29, 1.82) is 0 Å². The molecule has 2 aromatic carbocycles. The van der Waals surface area contributed by atoms with Crippen LogP contribution in [-0.4, -0.2) is 4.83 Å². The second kappa shape index (κ2) is 3.73. The molecular weight excluding hydrogens is 289 g/mol. The third kappa shape index (κ3) is 1.38. The molecule has 0 spiro atoms. The summed E-state index contributed by atoms with van der Waals surface area (Å²) in [6.45, 7) is 0. The van der Waals surface area contributed by atoms with Crippen molar-refractivity contribution >= 4 is 62.6 Å². The number of alkyl halides is 1. The van der Waals surface area contributed by atoms with Crippen LogP contribution in [-0.2, 0) is 0 Å². The SMILES string of the molecule is Clc1cc2c(c3c1oc1ccccc13)SC(Cl)N2. The third-order valence-corrected chi connectivity index (χ3v) is 4.69. The lowest BCUT2D eigenvalue weighted by atomic mass is 10.1. The molecule has 0 fully saturated rings. The van der Waals surface area contributed by atoms with Crippen molar-refractivity contribution in [3.8, 4) is 0 Å². The lowest BCUT2D eigenvalue weighted by Crippen LogP contribution is -1.98. The molecular formula is C13H7Cl2NOS. The third-order valence-electron chi connectivity index (χ3n) is 3.05. The van der Waals surface area contributed by atoms with Gasteiger partial charge in [-0.15, -0.1) is 0 Å². The number of halogens is 2. The van der Waals surface area contributed by atoms with Crippen molar-refractivity contribution in [1.82, 2.24) is 0 Å². The number of rotatable bonds is 0. The van der Waals surface area contributed by atoms with Crippen molar-refractivity contribution in [2.75, 3.05) is 5.32 Å². The largest absolute Gasteiger partial charge is 0.454 e. The maximum absolute atomic E-state index is 6.27. The molecule has 0 amide bonds. The predicted octanol–water partition coefficient (Wildman–Crippen LogP) is 5.28. The lowest BCUT2D eigenvalue weighted by molar-refractivity contribution is 0.668.